The van der Waals surface area contributed by atoms with Crippen molar-refractivity contribution in [2.24, 2.45) is 10.9 Å². The molecule has 1 fully saturated rings. The second-order valence-corrected chi connectivity index (χ2v) is 8.53. The van der Waals surface area contributed by atoms with Gasteiger partial charge in [0.2, 0.25) is 0 Å². The lowest BCUT2D eigenvalue weighted by atomic mass is 9.74. The van der Waals surface area contributed by atoms with Gasteiger partial charge in [-0.2, -0.15) is 0 Å². The fraction of sp³-hybridized carbons (Fsp3) is 0.708. The van der Waals surface area contributed by atoms with Gasteiger partial charge in [0.15, 0.2) is 5.72 Å². The summed E-state index contributed by atoms with van der Waals surface area (Å²) >= 11 is 0. The largest absolute Gasteiger partial charge is 0.497 e. The first kappa shape index (κ1) is 21.9. The summed E-state index contributed by atoms with van der Waals surface area (Å²) in [6, 6.07) is 5.69. The maximum Gasteiger partial charge on any atom is 0.165 e. The van der Waals surface area contributed by atoms with Gasteiger partial charge in [0.05, 0.1) is 20.1 Å². The van der Waals surface area contributed by atoms with Gasteiger partial charge in [0.1, 0.15) is 11.5 Å². The second-order valence-electron chi connectivity index (χ2n) is 8.53. The first-order valence-electron chi connectivity index (χ1n) is 11.4. The van der Waals surface area contributed by atoms with Crippen LogP contribution in [0.2, 0.25) is 0 Å². The smallest absolute Gasteiger partial charge is 0.165 e. The van der Waals surface area contributed by atoms with Crippen molar-refractivity contribution in [1.82, 2.24) is 5.32 Å². The molecule has 0 radical (unpaired) electrons. The Bertz CT molecular complexity index is 650. The van der Waals surface area contributed by atoms with Crippen molar-refractivity contribution in [3.05, 3.63) is 23.8 Å². The van der Waals surface area contributed by atoms with E-state index in [1.54, 1.807) is 14.2 Å². The highest BCUT2D eigenvalue weighted by atomic mass is 16.5. The molecule has 29 heavy (non-hydrogen) atoms. The molecule has 5 heteroatoms. The first-order chi connectivity index (χ1) is 14.2. The lowest BCUT2D eigenvalue weighted by Gasteiger charge is -2.43. The summed E-state index contributed by atoms with van der Waals surface area (Å²) in [5, 5.41) is 15.4. The number of methoxy groups -OCH3 is 2. The van der Waals surface area contributed by atoms with Gasteiger partial charge in [-0.05, 0) is 37.8 Å². The van der Waals surface area contributed by atoms with Crippen LogP contribution in [0, 0.1) is 5.92 Å². The van der Waals surface area contributed by atoms with Crippen molar-refractivity contribution in [1.29, 1.82) is 0 Å². The molecule has 1 unspecified atom stereocenters. The first-order valence-corrected chi connectivity index (χ1v) is 11.4. The molecule has 162 valence electrons. The Hall–Kier alpha value is -1.75. The molecule has 1 atom stereocenters. The van der Waals surface area contributed by atoms with Gasteiger partial charge in [-0.15, -0.1) is 0 Å². The molecule has 1 saturated carbocycles. The third-order valence-electron chi connectivity index (χ3n) is 6.45. The minimum absolute atomic E-state index is 0.170. The highest BCUT2D eigenvalue weighted by Crippen LogP contribution is 2.42. The van der Waals surface area contributed by atoms with Crippen molar-refractivity contribution in [2.75, 3.05) is 20.8 Å². The third kappa shape index (κ3) is 5.88. The zero-order chi connectivity index (χ0) is 20.5. The Morgan fingerprint density at radius 3 is 2.00 bits per heavy atom. The molecule has 0 bridgehead atoms. The van der Waals surface area contributed by atoms with Crippen LogP contribution in [0.15, 0.2) is 23.2 Å². The van der Waals surface area contributed by atoms with Gasteiger partial charge in [-0.1, -0.05) is 44.9 Å². The van der Waals surface area contributed by atoms with Crippen LogP contribution in [0.5, 0.6) is 11.5 Å². The monoisotopic (exact) mass is 402 g/mol. The van der Waals surface area contributed by atoms with Crippen LogP contribution in [-0.2, 0) is 5.72 Å². The van der Waals surface area contributed by atoms with Crippen LogP contribution in [0.1, 0.15) is 82.6 Å². The number of nitrogens with zero attached hydrogens (tertiary/aromatic N) is 1. The number of nitrogens with one attached hydrogen (secondary N) is 1. The van der Waals surface area contributed by atoms with E-state index < -0.39 is 5.72 Å². The summed E-state index contributed by atoms with van der Waals surface area (Å²) in [5.41, 5.74) is -0.345. The summed E-state index contributed by atoms with van der Waals surface area (Å²) in [4.78, 5) is 4.88. The van der Waals surface area contributed by atoms with Crippen molar-refractivity contribution in [3.63, 3.8) is 0 Å². The lowest BCUT2D eigenvalue weighted by molar-refractivity contribution is -0.0705. The van der Waals surface area contributed by atoms with Gasteiger partial charge >= 0.3 is 0 Å². The predicted octanol–water partition coefficient (Wildman–Crippen LogP) is 5.16. The minimum atomic E-state index is -1.14. The SMILES string of the molecule is COc1cc(OC)cc(C(O)(NC2=NCCCCCCCCCC2)C2CCC2)c1. The van der Waals surface area contributed by atoms with Crippen LogP contribution in [-0.4, -0.2) is 31.7 Å². The van der Waals surface area contributed by atoms with Gasteiger partial charge < -0.3 is 19.9 Å². The Labute approximate surface area is 175 Å². The molecular weight excluding hydrogens is 364 g/mol. The van der Waals surface area contributed by atoms with E-state index in [1.165, 1.54) is 38.5 Å². The van der Waals surface area contributed by atoms with Crippen molar-refractivity contribution < 1.29 is 14.6 Å². The van der Waals surface area contributed by atoms with Gasteiger partial charge in [-0.3, -0.25) is 4.99 Å². The van der Waals surface area contributed by atoms with Gasteiger partial charge in [0.25, 0.3) is 0 Å². The molecule has 1 heterocycles. The van der Waals surface area contributed by atoms with E-state index in [0.29, 0.717) is 11.5 Å². The summed E-state index contributed by atoms with van der Waals surface area (Å²) in [5.74, 6) is 2.50. The van der Waals surface area contributed by atoms with Crippen molar-refractivity contribution in [2.45, 2.75) is 82.8 Å². The minimum Gasteiger partial charge on any atom is -0.497 e. The van der Waals surface area contributed by atoms with E-state index in [2.05, 4.69) is 5.32 Å². The highest BCUT2D eigenvalue weighted by Gasteiger charge is 2.43. The molecule has 2 N–H and O–H groups in total. The van der Waals surface area contributed by atoms with Crippen molar-refractivity contribution >= 4 is 5.84 Å². The number of ether oxygens (including phenoxy) is 2. The highest BCUT2D eigenvalue weighted by molar-refractivity contribution is 5.83. The zero-order valence-electron chi connectivity index (χ0n) is 18.2. The second kappa shape index (κ2) is 10.9. The summed E-state index contributed by atoms with van der Waals surface area (Å²) < 4.78 is 10.9. The van der Waals surface area contributed by atoms with Crippen LogP contribution < -0.4 is 14.8 Å². The molecular formula is C24H38N2O3. The fourth-order valence-corrected chi connectivity index (χ4v) is 4.34. The van der Waals surface area contributed by atoms with E-state index in [1.807, 2.05) is 18.2 Å². The summed E-state index contributed by atoms with van der Waals surface area (Å²) in [7, 11) is 3.29. The van der Waals surface area contributed by atoms with Gasteiger partial charge in [0, 0.05) is 30.5 Å². The molecule has 0 saturated heterocycles. The van der Waals surface area contributed by atoms with Crippen LogP contribution in [0.3, 0.4) is 0 Å². The van der Waals surface area contributed by atoms with E-state index in [4.69, 9.17) is 14.5 Å². The molecule has 2 aliphatic rings. The molecule has 1 aromatic carbocycles. The number of rotatable bonds is 5. The number of aliphatic imine (C=N–C) groups is 1. The average molecular weight is 403 g/mol. The predicted molar refractivity (Wildman–Crippen MR) is 118 cm³/mol. The molecule has 3 rings (SSSR count). The molecule has 1 aliphatic heterocycles. The fourth-order valence-electron chi connectivity index (χ4n) is 4.34. The molecule has 0 aromatic heterocycles. The Balaban J connectivity index is 1.85. The number of hydrogen-bond acceptors (Lipinski definition) is 5. The van der Waals surface area contributed by atoms with E-state index in [-0.39, 0.29) is 5.92 Å². The topological polar surface area (TPSA) is 63.1 Å². The maximum absolute atomic E-state index is 11.9. The Morgan fingerprint density at radius 2 is 1.45 bits per heavy atom. The molecule has 1 aliphatic carbocycles. The number of aliphatic hydroxyl groups is 1. The normalized spacial score (nSPS) is 21.6. The van der Waals surface area contributed by atoms with E-state index in [0.717, 1.165) is 56.5 Å². The van der Waals surface area contributed by atoms with Crippen LogP contribution in [0.4, 0.5) is 0 Å². The number of amidine groups is 1. The van der Waals surface area contributed by atoms with E-state index in [9.17, 15) is 5.11 Å². The summed E-state index contributed by atoms with van der Waals surface area (Å²) in [6.07, 6.45) is 14.1. The summed E-state index contributed by atoms with van der Waals surface area (Å²) in [6.45, 7) is 0.838. The maximum atomic E-state index is 11.9. The molecule has 5 nitrogen and oxygen atoms in total. The molecule has 0 spiro atoms. The molecule has 0 amide bonds. The van der Waals surface area contributed by atoms with Crippen molar-refractivity contribution in [3.8, 4) is 11.5 Å². The Kier molecular flexibility index (Phi) is 8.22. The van der Waals surface area contributed by atoms with E-state index >= 15 is 0 Å². The van der Waals surface area contributed by atoms with Crippen LogP contribution >= 0.6 is 0 Å². The molecule has 1 aromatic rings. The zero-order valence-corrected chi connectivity index (χ0v) is 18.2. The van der Waals surface area contributed by atoms with Crippen LogP contribution in [0.25, 0.3) is 0 Å². The Morgan fingerprint density at radius 1 is 0.862 bits per heavy atom. The standard InChI is InChI=1S/C24H38N2O3/c1-28-21-16-20(17-22(18-21)29-2)24(27,19-12-11-13-19)26-23-14-9-7-5-3-4-6-8-10-15-25-23/h16-19,27H,3-15H2,1-2H3,(H,25,26). The average Bonchev–Trinajstić information content (AvgIpc) is 2.68. The third-order valence-corrected chi connectivity index (χ3v) is 6.45. The number of benzene rings is 1. The lowest BCUT2D eigenvalue weighted by Crippen LogP contribution is -2.53. The van der Waals surface area contributed by atoms with Gasteiger partial charge in [-0.25, -0.2) is 0 Å². The quantitative estimate of drug-likeness (QED) is 0.668. The number of hydrogen-bond donors (Lipinski definition) is 2.